The predicted molar refractivity (Wildman–Crippen MR) is 212 cm³/mol. The third-order valence-corrected chi connectivity index (χ3v) is 10.8. The number of rotatable bonds is 5. The van der Waals surface area contributed by atoms with Gasteiger partial charge in [0.2, 0.25) is 0 Å². The second kappa shape index (κ2) is 12.0. The molecule has 7 aromatic carbocycles. The van der Waals surface area contributed by atoms with Crippen LogP contribution in [0.5, 0.6) is 0 Å². The van der Waals surface area contributed by atoms with E-state index in [2.05, 4.69) is 152 Å². The molecule has 0 radical (unpaired) electrons. The highest BCUT2D eigenvalue weighted by atomic mass is 16.3. The number of furan rings is 1. The van der Waals surface area contributed by atoms with E-state index < -0.39 is 0 Å². The quantitative estimate of drug-likeness (QED) is 0.183. The molecule has 2 aromatic heterocycles. The first kappa shape index (κ1) is 30.2. The molecule has 0 spiro atoms. The number of aromatic nitrogens is 3. The van der Waals surface area contributed by atoms with Gasteiger partial charge < -0.3 is 4.42 Å². The van der Waals surface area contributed by atoms with Crippen LogP contribution in [-0.4, -0.2) is 15.4 Å². The molecule has 0 amide bonds. The highest BCUT2D eigenvalue weighted by Crippen LogP contribution is 2.55. The van der Waals surface area contributed by atoms with Crippen LogP contribution in [0.3, 0.4) is 0 Å². The SMILES string of the molecule is Cc1cc2c(c(-c3c(-c4ccccc4)cc(-c4ccccc4)c(-c4cccc5oc6ccccc6c45)c3-c3ccnnn3)c1C)Cc1ccccc1-2. The van der Waals surface area contributed by atoms with Crippen LogP contribution in [0.15, 0.2) is 156 Å². The Balaban J connectivity index is 1.46. The zero-order chi connectivity index (χ0) is 34.8. The zero-order valence-corrected chi connectivity index (χ0v) is 28.9. The maximum atomic E-state index is 6.51. The molecule has 2 heterocycles. The van der Waals surface area contributed by atoms with Crippen molar-refractivity contribution < 1.29 is 4.42 Å². The van der Waals surface area contributed by atoms with E-state index in [1.807, 2.05) is 18.2 Å². The predicted octanol–water partition coefficient (Wildman–Crippen LogP) is 12.3. The van der Waals surface area contributed by atoms with Crippen molar-refractivity contribution >= 4 is 21.9 Å². The fourth-order valence-electron chi connectivity index (χ4n) is 8.39. The molecule has 0 unspecified atom stereocenters. The van der Waals surface area contributed by atoms with Crippen LogP contribution in [0.4, 0.5) is 0 Å². The number of aryl methyl sites for hydroxylation is 1. The standard InChI is InChI=1S/C48H33N3O/c1-29-26-39-34-19-10-9-18-33(34)27-40(39)44(30(29)2)47-38(32-16-7-4-8-17-32)28-37(31-14-5-3-6-15-31)46(48(47)41-24-25-49-51-50-41)36-21-13-23-43-45(36)35-20-11-12-22-42(35)52-43/h3-26,28H,27H2,1-2H3. The van der Waals surface area contributed by atoms with E-state index in [1.54, 1.807) is 6.20 Å². The van der Waals surface area contributed by atoms with Gasteiger partial charge in [-0.1, -0.05) is 121 Å². The Morgan fingerprint density at radius 2 is 1.19 bits per heavy atom. The molecule has 0 saturated heterocycles. The monoisotopic (exact) mass is 667 g/mol. The van der Waals surface area contributed by atoms with Crippen LogP contribution in [0, 0.1) is 13.8 Å². The molecular weight excluding hydrogens is 635 g/mol. The number of para-hydroxylation sites is 1. The van der Waals surface area contributed by atoms with Crippen molar-refractivity contribution in [2.75, 3.05) is 0 Å². The van der Waals surface area contributed by atoms with Crippen molar-refractivity contribution in [2.24, 2.45) is 0 Å². The Kier molecular flexibility index (Phi) is 6.97. The van der Waals surface area contributed by atoms with Crippen LogP contribution in [0.2, 0.25) is 0 Å². The van der Waals surface area contributed by atoms with Crippen LogP contribution >= 0.6 is 0 Å². The van der Waals surface area contributed by atoms with Crippen LogP contribution in [-0.2, 0) is 6.42 Å². The average molecular weight is 668 g/mol. The summed E-state index contributed by atoms with van der Waals surface area (Å²) < 4.78 is 6.51. The lowest BCUT2D eigenvalue weighted by Gasteiger charge is -2.26. The lowest BCUT2D eigenvalue weighted by atomic mass is 9.76. The van der Waals surface area contributed by atoms with Gasteiger partial charge in [0, 0.05) is 27.5 Å². The van der Waals surface area contributed by atoms with Gasteiger partial charge in [-0.2, -0.15) is 0 Å². The number of fused-ring (bicyclic) bond motifs is 6. The molecule has 1 aliphatic carbocycles. The highest BCUT2D eigenvalue weighted by molar-refractivity contribution is 6.18. The lowest BCUT2D eigenvalue weighted by molar-refractivity contribution is 0.669. The van der Waals surface area contributed by atoms with Gasteiger partial charge in [-0.15, -0.1) is 10.2 Å². The summed E-state index contributed by atoms with van der Waals surface area (Å²) in [6.07, 6.45) is 2.61. The first-order chi connectivity index (χ1) is 25.7. The molecular formula is C48H33N3O. The number of benzene rings is 7. The summed E-state index contributed by atoms with van der Waals surface area (Å²) in [5.74, 6) is 0. The molecule has 0 fully saturated rings. The van der Waals surface area contributed by atoms with Gasteiger partial charge in [0.1, 0.15) is 11.2 Å². The minimum Gasteiger partial charge on any atom is -0.456 e. The summed E-state index contributed by atoms with van der Waals surface area (Å²) in [7, 11) is 0. The van der Waals surface area contributed by atoms with E-state index in [9.17, 15) is 0 Å². The number of hydrogen-bond acceptors (Lipinski definition) is 4. The van der Waals surface area contributed by atoms with Crippen molar-refractivity contribution in [1.82, 2.24) is 15.4 Å². The Hall–Kier alpha value is -6.65. The van der Waals surface area contributed by atoms with Crippen molar-refractivity contribution in [3.63, 3.8) is 0 Å². The number of nitrogens with zero attached hydrogens (tertiary/aromatic N) is 3. The maximum absolute atomic E-state index is 6.51. The van der Waals surface area contributed by atoms with E-state index in [1.165, 1.54) is 38.9 Å². The highest BCUT2D eigenvalue weighted by Gasteiger charge is 2.31. The molecule has 246 valence electrons. The second-order valence-corrected chi connectivity index (χ2v) is 13.7. The van der Waals surface area contributed by atoms with Gasteiger partial charge in [0.05, 0.1) is 11.9 Å². The minimum absolute atomic E-state index is 0.768. The molecule has 0 N–H and O–H groups in total. The van der Waals surface area contributed by atoms with Gasteiger partial charge >= 0.3 is 0 Å². The third-order valence-electron chi connectivity index (χ3n) is 10.8. The zero-order valence-electron chi connectivity index (χ0n) is 28.9. The second-order valence-electron chi connectivity index (χ2n) is 13.7. The largest absolute Gasteiger partial charge is 0.456 e. The van der Waals surface area contributed by atoms with E-state index in [4.69, 9.17) is 9.52 Å². The topological polar surface area (TPSA) is 51.8 Å². The van der Waals surface area contributed by atoms with Gasteiger partial charge in [0.15, 0.2) is 0 Å². The summed E-state index contributed by atoms with van der Waals surface area (Å²) >= 11 is 0. The maximum Gasteiger partial charge on any atom is 0.136 e. The Morgan fingerprint density at radius 1 is 0.519 bits per heavy atom. The Bertz CT molecular complexity index is 2820. The van der Waals surface area contributed by atoms with E-state index >= 15 is 0 Å². The summed E-state index contributed by atoms with van der Waals surface area (Å²) in [6.45, 7) is 4.52. The molecule has 9 aromatic rings. The molecule has 10 rings (SSSR count). The summed E-state index contributed by atoms with van der Waals surface area (Å²) in [5.41, 5.74) is 20.4. The Morgan fingerprint density at radius 3 is 1.96 bits per heavy atom. The molecule has 0 aliphatic heterocycles. The summed E-state index contributed by atoms with van der Waals surface area (Å²) in [6, 6.07) is 51.9. The molecule has 0 saturated carbocycles. The summed E-state index contributed by atoms with van der Waals surface area (Å²) in [5, 5.41) is 15.4. The third kappa shape index (κ3) is 4.65. The molecule has 1 aliphatic rings. The lowest BCUT2D eigenvalue weighted by Crippen LogP contribution is -2.04. The van der Waals surface area contributed by atoms with Gasteiger partial charge in [0.25, 0.3) is 0 Å². The number of hydrogen-bond donors (Lipinski definition) is 0. The van der Waals surface area contributed by atoms with Crippen LogP contribution in [0.1, 0.15) is 22.3 Å². The smallest absolute Gasteiger partial charge is 0.136 e. The van der Waals surface area contributed by atoms with Gasteiger partial charge in [-0.25, -0.2) is 0 Å². The molecule has 0 bridgehead atoms. The molecule has 52 heavy (non-hydrogen) atoms. The van der Waals surface area contributed by atoms with Crippen molar-refractivity contribution in [2.45, 2.75) is 20.3 Å². The van der Waals surface area contributed by atoms with E-state index in [0.717, 1.165) is 78.6 Å². The Labute approximate surface area is 302 Å². The van der Waals surface area contributed by atoms with Gasteiger partial charge in [-0.3, -0.25) is 0 Å². The van der Waals surface area contributed by atoms with E-state index in [0.29, 0.717) is 0 Å². The minimum atomic E-state index is 0.768. The van der Waals surface area contributed by atoms with Crippen molar-refractivity contribution in [3.05, 3.63) is 174 Å². The van der Waals surface area contributed by atoms with Gasteiger partial charge in [-0.05, 0) is 117 Å². The fraction of sp³-hybridized carbons (Fsp3) is 0.0625. The molecule has 4 heteroatoms. The normalized spacial score (nSPS) is 12.0. The van der Waals surface area contributed by atoms with Crippen LogP contribution in [0.25, 0.3) is 88.8 Å². The molecule has 4 nitrogen and oxygen atoms in total. The van der Waals surface area contributed by atoms with Crippen molar-refractivity contribution in [3.8, 4) is 66.9 Å². The molecule has 0 atom stereocenters. The van der Waals surface area contributed by atoms with Crippen LogP contribution < -0.4 is 0 Å². The van der Waals surface area contributed by atoms with Crippen molar-refractivity contribution in [1.29, 1.82) is 0 Å². The first-order valence-electron chi connectivity index (χ1n) is 17.7. The summed E-state index contributed by atoms with van der Waals surface area (Å²) in [4.78, 5) is 0. The van der Waals surface area contributed by atoms with E-state index in [-0.39, 0.29) is 0 Å². The first-order valence-corrected chi connectivity index (χ1v) is 17.7. The average Bonchev–Trinajstić information content (AvgIpc) is 3.77. The fourth-order valence-corrected chi connectivity index (χ4v) is 8.39.